The Hall–Kier alpha value is -0.290. The molecule has 0 fully saturated rings. The lowest BCUT2D eigenvalue weighted by Gasteiger charge is -2.23. The van der Waals surface area contributed by atoms with E-state index in [4.69, 9.17) is 28.2 Å². The van der Waals surface area contributed by atoms with E-state index in [0.29, 0.717) is 15.2 Å². The van der Waals surface area contributed by atoms with E-state index in [9.17, 15) is 0 Å². The van der Waals surface area contributed by atoms with E-state index in [2.05, 4.69) is 15.9 Å². The topological polar surface area (TPSA) is 72.3 Å². The summed E-state index contributed by atoms with van der Waals surface area (Å²) >= 11 is 9.16. The second-order valence-corrected chi connectivity index (χ2v) is 4.69. The third-order valence-electron chi connectivity index (χ3n) is 2.07. The molecule has 0 aromatic heterocycles. The normalized spacial score (nSPS) is 15.2. The number of nitrogens with two attached hydrogens (primary N) is 2. The molecule has 0 aliphatic carbocycles. The van der Waals surface area contributed by atoms with E-state index in [0.717, 1.165) is 5.56 Å². The van der Waals surface area contributed by atoms with Crippen LogP contribution in [0.2, 0.25) is 5.02 Å². The molecule has 0 spiro atoms. The molecule has 5 N–H and O–H groups in total. The van der Waals surface area contributed by atoms with Crippen LogP contribution in [0.4, 0.5) is 5.69 Å². The Kier molecular flexibility index (Phi) is 3.42. The first-order chi connectivity index (χ1) is 6.38. The second-order valence-electron chi connectivity index (χ2n) is 3.43. The van der Waals surface area contributed by atoms with Crippen LogP contribution in [-0.2, 0) is 5.54 Å². The number of nitrogen functional groups attached to an aromatic ring is 1. The maximum Gasteiger partial charge on any atom is 0.0650 e. The van der Waals surface area contributed by atoms with E-state index >= 15 is 0 Å². The summed E-state index contributed by atoms with van der Waals surface area (Å²) in [6, 6.07) is 3.43. The van der Waals surface area contributed by atoms with Crippen LogP contribution in [0.1, 0.15) is 12.5 Å². The highest BCUT2D eigenvalue weighted by molar-refractivity contribution is 9.10. The molecule has 1 rings (SSSR count). The number of aliphatic hydroxyl groups is 1. The summed E-state index contributed by atoms with van der Waals surface area (Å²) in [4.78, 5) is 0. The van der Waals surface area contributed by atoms with Gasteiger partial charge in [-0.1, -0.05) is 11.6 Å². The fraction of sp³-hybridized carbons (Fsp3) is 0.333. The van der Waals surface area contributed by atoms with Crippen molar-refractivity contribution in [1.29, 1.82) is 0 Å². The van der Waals surface area contributed by atoms with Gasteiger partial charge < -0.3 is 16.6 Å². The molecular formula is C9H12BrClN2O. The van der Waals surface area contributed by atoms with Crippen LogP contribution in [0.25, 0.3) is 0 Å². The van der Waals surface area contributed by atoms with Crippen molar-refractivity contribution < 1.29 is 5.11 Å². The van der Waals surface area contributed by atoms with Crippen molar-refractivity contribution in [3.05, 3.63) is 27.2 Å². The van der Waals surface area contributed by atoms with Crippen molar-refractivity contribution in [2.75, 3.05) is 12.3 Å². The lowest BCUT2D eigenvalue weighted by molar-refractivity contribution is 0.210. The van der Waals surface area contributed by atoms with Crippen molar-refractivity contribution >= 4 is 33.2 Å². The van der Waals surface area contributed by atoms with Gasteiger partial charge in [0.15, 0.2) is 0 Å². The fourth-order valence-corrected chi connectivity index (χ4v) is 1.80. The van der Waals surface area contributed by atoms with Gasteiger partial charge >= 0.3 is 0 Å². The summed E-state index contributed by atoms with van der Waals surface area (Å²) in [6.45, 7) is 1.57. The molecule has 0 radical (unpaired) electrons. The molecule has 1 aromatic rings. The van der Waals surface area contributed by atoms with Crippen LogP contribution in [0.3, 0.4) is 0 Å². The van der Waals surface area contributed by atoms with E-state index in [-0.39, 0.29) is 6.61 Å². The number of hydrogen-bond acceptors (Lipinski definition) is 3. The molecule has 1 atom stereocenters. The number of benzene rings is 1. The molecule has 3 nitrogen and oxygen atoms in total. The Morgan fingerprint density at radius 3 is 2.57 bits per heavy atom. The maximum absolute atomic E-state index is 9.08. The van der Waals surface area contributed by atoms with E-state index in [1.807, 2.05) is 0 Å². The van der Waals surface area contributed by atoms with Gasteiger partial charge in [-0.3, -0.25) is 0 Å². The minimum atomic E-state index is -0.806. The zero-order valence-corrected chi connectivity index (χ0v) is 10.1. The fourth-order valence-electron chi connectivity index (χ4n) is 1.01. The second kappa shape index (κ2) is 4.06. The SMILES string of the molecule is C[C@@](N)(CO)c1cc(Cl)c(N)c(Br)c1. The largest absolute Gasteiger partial charge is 0.397 e. The Morgan fingerprint density at radius 2 is 2.14 bits per heavy atom. The molecule has 78 valence electrons. The molecule has 5 heteroatoms. The van der Waals surface area contributed by atoms with Crippen molar-refractivity contribution in [3.8, 4) is 0 Å². The van der Waals surface area contributed by atoms with Crippen LogP contribution < -0.4 is 11.5 Å². The van der Waals surface area contributed by atoms with Gasteiger partial charge in [-0.05, 0) is 40.5 Å². The minimum absolute atomic E-state index is 0.153. The third kappa shape index (κ3) is 2.20. The molecule has 0 aliphatic rings. The van der Waals surface area contributed by atoms with Gasteiger partial charge in [0.2, 0.25) is 0 Å². The van der Waals surface area contributed by atoms with Crippen LogP contribution >= 0.6 is 27.5 Å². The molecule has 0 unspecified atom stereocenters. The van der Waals surface area contributed by atoms with Crippen LogP contribution in [-0.4, -0.2) is 11.7 Å². The highest BCUT2D eigenvalue weighted by Crippen LogP contribution is 2.32. The highest BCUT2D eigenvalue weighted by atomic mass is 79.9. The molecule has 0 aliphatic heterocycles. The van der Waals surface area contributed by atoms with Crippen molar-refractivity contribution in [1.82, 2.24) is 0 Å². The predicted molar refractivity (Wildman–Crippen MR) is 62.2 cm³/mol. The number of rotatable bonds is 2. The van der Waals surface area contributed by atoms with Crippen molar-refractivity contribution in [2.45, 2.75) is 12.5 Å². The minimum Gasteiger partial charge on any atom is -0.397 e. The van der Waals surface area contributed by atoms with Crippen LogP contribution in [0.15, 0.2) is 16.6 Å². The quantitative estimate of drug-likeness (QED) is 0.724. The standard InChI is InChI=1S/C9H12BrClN2O/c1-9(13,4-14)5-2-6(10)8(12)7(11)3-5/h2-3,14H,4,12-13H2,1H3/t9-/m1/s1. The van der Waals surface area contributed by atoms with Gasteiger partial charge in [-0.2, -0.15) is 0 Å². The number of anilines is 1. The molecule has 0 amide bonds. The first-order valence-corrected chi connectivity index (χ1v) is 5.20. The van der Waals surface area contributed by atoms with Gasteiger partial charge in [0.05, 0.1) is 22.9 Å². The van der Waals surface area contributed by atoms with Gasteiger partial charge in [0.1, 0.15) is 0 Å². The number of halogens is 2. The average Bonchev–Trinajstić information content (AvgIpc) is 2.13. The van der Waals surface area contributed by atoms with Crippen molar-refractivity contribution in [3.63, 3.8) is 0 Å². The highest BCUT2D eigenvalue weighted by Gasteiger charge is 2.21. The average molecular weight is 280 g/mol. The smallest absolute Gasteiger partial charge is 0.0650 e. The Bertz CT molecular complexity index is 332. The molecule has 0 heterocycles. The van der Waals surface area contributed by atoms with Gasteiger partial charge in [-0.15, -0.1) is 0 Å². The summed E-state index contributed by atoms with van der Waals surface area (Å²) in [5, 5.41) is 9.51. The summed E-state index contributed by atoms with van der Waals surface area (Å²) < 4.78 is 0.685. The molecular weight excluding hydrogens is 267 g/mol. The lowest BCUT2D eigenvalue weighted by Crippen LogP contribution is -2.36. The van der Waals surface area contributed by atoms with E-state index in [1.54, 1.807) is 19.1 Å². The summed E-state index contributed by atoms with van der Waals surface area (Å²) in [6.07, 6.45) is 0. The lowest BCUT2D eigenvalue weighted by atomic mass is 9.94. The van der Waals surface area contributed by atoms with Crippen LogP contribution in [0, 0.1) is 0 Å². The zero-order valence-electron chi connectivity index (χ0n) is 7.72. The summed E-state index contributed by atoms with van der Waals surface area (Å²) in [7, 11) is 0. The molecule has 0 saturated heterocycles. The molecule has 0 bridgehead atoms. The summed E-state index contributed by atoms with van der Waals surface area (Å²) in [5.74, 6) is 0. The Balaban J connectivity index is 3.26. The summed E-state index contributed by atoms with van der Waals surface area (Å²) in [5.41, 5.74) is 11.9. The molecule has 0 saturated carbocycles. The van der Waals surface area contributed by atoms with Gasteiger partial charge in [0.25, 0.3) is 0 Å². The molecule has 1 aromatic carbocycles. The first kappa shape index (κ1) is 11.8. The van der Waals surface area contributed by atoms with E-state index < -0.39 is 5.54 Å². The zero-order chi connectivity index (χ0) is 10.9. The number of hydrogen-bond donors (Lipinski definition) is 3. The van der Waals surface area contributed by atoms with E-state index in [1.165, 1.54) is 0 Å². The third-order valence-corrected chi connectivity index (χ3v) is 3.04. The van der Waals surface area contributed by atoms with Crippen LogP contribution in [0.5, 0.6) is 0 Å². The predicted octanol–water partition coefficient (Wildman–Crippen LogP) is 1.85. The maximum atomic E-state index is 9.08. The number of aliphatic hydroxyl groups excluding tert-OH is 1. The Morgan fingerprint density at radius 1 is 1.57 bits per heavy atom. The van der Waals surface area contributed by atoms with Gasteiger partial charge in [-0.25, -0.2) is 0 Å². The monoisotopic (exact) mass is 278 g/mol. The first-order valence-electron chi connectivity index (χ1n) is 4.03. The Labute approximate surface area is 96.2 Å². The van der Waals surface area contributed by atoms with Gasteiger partial charge in [0, 0.05) is 4.47 Å². The molecule has 14 heavy (non-hydrogen) atoms. The van der Waals surface area contributed by atoms with Crippen molar-refractivity contribution in [2.24, 2.45) is 5.73 Å².